The second-order valence-corrected chi connectivity index (χ2v) is 4.17. The lowest BCUT2D eigenvalue weighted by molar-refractivity contribution is 0.0593. The number of hydrogen-bond donors (Lipinski definition) is 0. The molecule has 6 heteroatoms. The van der Waals surface area contributed by atoms with Crippen molar-refractivity contribution in [1.82, 2.24) is 9.97 Å². The van der Waals surface area contributed by atoms with Crippen LogP contribution in [0.1, 0.15) is 22.6 Å². The van der Waals surface area contributed by atoms with Gasteiger partial charge in [-0.05, 0) is 13.3 Å². The molecule has 0 saturated carbocycles. The molecule has 2 rings (SSSR count). The van der Waals surface area contributed by atoms with Crippen LogP contribution in [0, 0.1) is 12.8 Å². The molecule has 0 radical (unpaired) electrons. The molecule has 0 spiro atoms. The molecule has 98 valence electrons. The average molecular weight is 252 g/mol. The van der Waals surface area contributed by atoms with E-state index in [2.05, 4.69) is 14.7 Å². The second kappa shape index (κ2) is 5.77. The molecular formula is C12H16N2O4. The fourth-order valence-corrected chi connectivity index (χ4v) is 1.72. The average Bonchev–Trinajstić information content (AvgIpc) is 2.88. The van der Waals surface area contributed by atoms with Crippen molar-refractivity contribution < 1.29 is 19.0 Å². The minimum Gasteiger partial charge on any atom is -0.477 e. The van der Waals surface area contributed by atoms with E-state index in [9.17, 15) is 4.79 Å². The Labute approximate surface area is 105 Å². The van der Waals surface area contributed by atoms with Gasteiger partial charge in [-0.15, -0.1) is 0 Å². The predicted octanol–water partition coefficient (Wildman–Crippen LogP) is 0.987. The summed E-state index contributed by atoms with van der Waals surface area (Å²) in [4.78, 5) is 19.6. The number of methoxy groups -OCH3 is 1. The van der Waals surface area contributed by atoms with E-state index in [0.717, 1.165) is 13.0 Å². The van der Waals surface area contributed by atoms with Crippen molar-refractivity contribution in [1.29, 1.82) is 0 Å². The lowest BCUT2D eigenvalue weighted by Gasteiger charge is -2.12. The van der Waals surface area contributed by atoms with Gasteiger partial charge in [0.1, 0.15) is 11.4 Å². The van der Waals surface area contributed by atoms with E-state index < -0.39 is 5.97 Å². The summed E-state index contributed by atoms with van der Waals surface area (Å²) in [7, 11) is 1.32. The maximum absolute atomic E-state index is 11.5. The minimum absolute atomic E-state index is 0.252. The maximum atomic E-state index is 11.5. The van der Waals surface area contributed by atoms with Crippen LogP contribution in [0.2, 0.25) is 0 Å². The molecule has 0 bridgehead atoms. The Morgan fingerprint density at radius 2 is 2.44 bits per heavy atom. The Hall–Kier alpha value is -1.69. The van der Waals surface area contributed by atoms with E-state index in [4.69, 9.17) is 9.47 Å². The molecule has 18 heavy (non-hydrogen) atoms. The molecule has 1 saturated heterocycles. The van der Waals surface area contributed by atoms with E-state index in [1.807, 2.05) is 0 Å². The number of nitrogens with zero attached hydrogens (tertiary/aromatic N) is 2. The van der Waals surface area contributed by atoms with Crippen LogP contribution in [0.15, 0.2) is 6.20 Å². The first-order valence-corrected chi connectivity index (χ1v) is 5.83. The highest BCUT2D eigenvalue weighted by Crippen LogP contribution is 2.19. The molecule has 0 N–H and O–H groups in total. The van der Waals surface area contributed by atoms with Crippen LogP contribution < -0.4 is 4.74 Å². The fourth-order valence-electron chi connectivity index (χ4n) is 1.72. The van der Waals surface area contributed by atoms with Crippen LogP contribution in [-0.2, 0) is 9.47 Å². The van der Waals surface area contributed by atoms with E-state index in [1.165, 1.54) is 13.3 Å². The first kappa shape index (κ1) is 12.8. The number of aromatic nitrogens is 2. The molecule has 1 atom stereocenters. The molecule has 6 nitrogen and oxygen atoms in total. The third-order valence-electron chi connectivity index (χ3n) is 2.76. The van der Waals surface area contributed by atoms with Crippen LogP contribution >= 0.6 is 0 Å². The van der Waals surface area contributed by atoms with Gasteiger partial charge < -0.3 is 14.2 Å². The fraction of sp³-hybridized carbons (Fsp3) is 0.583. The van der Waals surface area contributed by atoms with Crippen molar-refractivity contribution in [2.45, 2.75) is 13.3 Å². The molecule has 0 aromatic carbocycles. The van der Waals surface area contributed by atoms with Gasteiger partial charge in [-0.1, -0.05) is 0 Å². The number of aryl methyl sites for hydroxylation is 1. The number of hydrogen-bond acceptors (Lipinski definition) is 6. The number of ether oxygens (including phenoxy) is 3. The number of rotatable bonds is 4. The zero-order chi connectivity index (χ0) is 13.0. The highest BCUT2D eigenvalue weighted by Gasteiger charge is 2.20. The summed E-state index contributed by atoms with van der Waals surface area (Å²) in [6, 6.07) is 0. The van der Waals surface area contributed by atoms with Crippen molar-refractivity contribution in [3.05, 3.63) is 17.6 Å². The molecular weight excluding hydrogens is 236 g/mol. The SMILES string of the molecule is COC(=O)c1cnc(C)nc1OCC1CCOC1. The van der Waals surface area contributed by atoms with Gasteiger partial charge in [-0.3, -0.25) is 0 Å². The van der Waals surface area contributed by atoms with Gasteiger partial charge in [-0.25, -0.2) is 9.78 Å². The summed E-state index contributed by atoms with van der Waals surface area (Å²) in [6.07, 6.45) is 2.40. The molecule has 1 unspecified atom stereocenters. The molecule has 2 heterocycles. The van der Waals surface area contributed by atoms with Crippen LogP contribution in [0.25, 0.3) is 0 Å². The number of esters is 1. The second-order valence-electron chi connectivity index (χ2n) is 4.17. The number of carbonyl (C=O) groups is 1. The van der Waals surface area contributed by atoms with Crippen molar-refractivity contribution >= 4 is 5.97 Å². The Morgan fingerprint density at radius 1 is 1.61 bits per heavy atom. The monoisotopic (exact) mass is 252 g/mol. The van der Waals surface area contributed by atoms with Crippen molar-refractivity contribution in [2.24, 2.45) is 5.92 Å². The molecule has 1 aliphatic rings. The van der Waals surface area contributed by atoms with Gasteiger partial charge in [0.05, 0.1) is 20.3 Å². The summed E-state index contributed by atoms with van der Waals surface area (Å²) in [5, 5.41) is 0. The normalized spacial score (nSPS) is 18.7. The minimum atomic E-state index is -0.493. The standard InChI is InChI=1S/C12H16N2O4/c1-8-13-5-10(12(15)16-2)11(14-8)18-7-9-3-4-17-6-9/h5,9H,3-4,6-7H2,1-2H3. The van der Waals surface area contributed by atoms with E-state index in [0.29, 0.717) is 25.0 Å². The Balaban J connectivity index is 2.08. The van der Waals surface area contributed by atoms with E-state index in [-0.39, 0.29) is 11.4 Å². The van der Waals surface area contributed by atoms with Crippen LogP contribution in [0.3, 0.4) is 0 Å². The highest BCUT2D eigenvalue weighted by atomic mass is 16.5. The van der Waals surface area contributed by atoms with Crippen molar-refractivity contribution in [3.8, 4) is 5.88 Å². The van der Waals surface area contributed by atoms with Gasteiger partial charge >= 0.3 is 5.97 Å². The number of carbonyl (C=O) groups excluding carboxylic acids is 1. The molecule has 1 aromatic heterocycles. The molecule has 0 amide bonds. The topological polar surface area (TPSA) is 70.5 Å². The van der Waals surface area contributed by atoms with E-state index in [1.54, 1.807) is 6.92 Å². The van der Waals surface area contributed by atoms with Gasteiger partial charge in [0.15, 0.2) is 0 Å². The summed E-state index contributed by atoms with van der Waals surface area (Å²) in [5.41, 5.74) is 0.252. The van der Waals surface area contributed by atoms with Crippen LogP contribution in [-0.4, -0.2) is 42.9 Å². The van der Waals surface area contributed by atoms with E-state index >= 15 is 0 Å². The van der Waals surface area contributed by atoms with Gasteiger partial charge in [0, 0.05) is 18.7 Å². The van der Waals surface area contributed by atoms with Crippen molar-refractivity contribution in [2.75, 3.05) is 26.9 Å². The third kappa shape index (κ3) is 2.95. The quantitative estimate of drug-likeness (QED) is 0.744. The molecule has 1 aromatic rings. The van der Waals surface area contributed by atoms with Crippen LogP contribution in [0.4, 0.5) is 0 Å². The lowest BCUT2D eigenvalue weighted by Crippen LogP contribution is -2.15. The van der Waals surface area contributed by atoms with Gasteiger partial charge in [-0.2, -0.15) is 4.98 Å². The smallest absolute Gasteiger partial charge is 0.344 e. The summed E-state index contributed by atoms with van der Waals surface area (Å²) < 4.78 is 15.5. The summed E-state index contributed by atoms with van der Waals surface area (Å²) >= 11 is 0. The lowest BCUT2D eigenvalue weighted by atomic mass is 10.1. The molecule has 0 aliphatic carbocycles. The van der Waals surface area contributed by atoms with Gasteiger partial charge in [0.25, 0.3) is 0 Å². The van der Waals surface area contributed by atoms with Crippen molar-refractivity contribution in [3.63, 3.8) is 0 Å². The largest absolute Gasteiger partial charge is 0.477 e. The summed E-state index contributed by atoms with van der Waals surface area (Å²) in [6.45, 7) is 3.69. The zero-order valence-electron chi connectivity index (χ0n) is 10.5. The Morgan fingerprint density at radius 3 is 3.11 bits per heavy atom. The maximum Gasteiger partial charge on any atom is 0.344 e. The third-order valence-corrected chi connectivity index (χ3v) is 2.76. The molecule has 1 fully saturated rings. The Kier molecular flexibility index (Phi) is 4.09. The zero-order valence-corrected chi connectivity index (χ0v) is 10.5. The first-order valence-electron chi connectivity index (χ1n) is 5.83. The first-order chi connectivity index (χ1) is 8.70. The highest BCUT2D eigenvalue weighted by molar-refractivity contribution is 5.91. The Bertz CT molecular complexity index is 430. The summed E-state index contributed by atoms with van der Waals surface area (Å²) in [5.74, 6) is 0.694. The predicted molar refractivity (Wildman–Crippen MR) is 62.5 cm³/mol. The van der Waals surface area contributed by atoms with Crippen LogP contribution in [0.5, 0.6) is 5.88 Å². The van der Waals surface area contributed by atoms with Gasteiger partial charge in [0.2, 0.25) is 5.88 Å². The molecule has 1 aliphatic heterocycles.